The predicted octanol–water partition coefficient (Wildman–Crippen LogP) is 2.02. The van der Waals surface area contributed by atoms with E-state index in [0.29, 0.717) is 6.04 Å². The summed E-state index contributed by atoms with van der Waals surface area (Å²) in [7, 11) is 4.40. The molecule has 0 bridgehead atoms. The number of halogens is 1. The second kappa shape index (κ2) is 6.48. The van der Waals surface area contributed by atoms with Crippen LogP contribution in [-0.4, -0.2) is 55.6 Å². The lowest BCUT2D eigenvalue weighted by Gasteiger charge is -2.32. The molecule has 3 nitrogen and oxygen atoms in total. The topological polar surface area (TPSA) is 32.5 Å². The molecule has 0 aliphatic carbocycles. The average molecular weight is 332 g/mol. The summed E-state index contributed by atoms with van der Waals surface area (Å²) in [5.41, 5.74) is 6.45. The molecule has 2 N–H and O–H groups in total. The maximum absolute atomic E-state index is 6.45. The van der Waals surface area contributed by atoms with Crippen LogP contribution in [0.2, 0.25) is 0 Å². The normalized spacial score (nSPS) is 25.0. The van der Waals surface area contributed by atoms with Gasteiger partial charge in [-0.2, -0.15) is 0 Å². The zero-order chi connectivity index (χ0) is 13.1. The van der Waals surface area contributed by atoms with Crippen LogP contribution in [0.25, 0.3) is 0 Å². The van der Waals surface area contributed by atoms with Crippen LogP contribution in [0, 0.1) is 0 Å². The van der Waals surface area contributed by atoms with Crippen molar-refractivity contribution in [1.29, 1.82) is 0 Å². The van der Waals surface area contributed by atoms with Crippen molar-refractivity contribution in [2.75, 3.05) is 33.7 Å². The molecule has 1 aromatic heterocycles. The maximum Gasteiger partial charge on any atom is 0.0374 e. The first-order chi connectivity index (χ1) is 8.58. The van der Waals surface area contributed by atoms with Crippen molar-refractivity contribution in [1.82, 2.24) is 9.80 Å². The SMILES string of the molecule is CN1CCCN(C)C(C(N)Cc2sccc2Br)C1. The van der Waals surface area contributed by atoms with E-state index in [2.05, 4.69) is 51.3 Å². The Balaban J connectivity index is 2.02. The first kappa shape index (κ1) is 14.5. The van der Waals surface area contributed by atoms with Gasteiger partial charge in [-0.05, 0) is 67.4 Å². The van der Waals surface area contributed by atoms with Gasteiger partial charge in [0, 0.05) is 28.0 Å². The molecule has 0 radical (unpaired) electrons. The molecule has 1 aromatic rings. The molecule has 1 fully saturated rings. The maximum atomic E-state index is 6.45. The van der Waals surface area contributed by atoms with Crippen molar-refractivity contribution in [2.45, 2.75) is 24.9 Å². The minimum absolute atomic E-state index is 0.200. The van der Waals surface area contributed by atoms with Crippen LogP contribution in [0.5, 0.6) is 0 Å². The monoisotopic (exact) mass is 331 g/mol. The Morgan fingerprint density at radius 3 is 2.94 bits per heavy atom. The van der Waals surface area contributed by atoms with E-state index in [0.717, 1.165) is 19.5 Å². The molecule has 0 amide bonds. The Morgan fingerprint density at radius 1 is 1.50 bits per heavy atom. The number of nitrogens with zero attached hydrogens (tertiary/aromatic N) is 2. The van der Waals surface area contributed by atoms with Gasteiger partial charge >= 0.3 is 0 Å². The minimum atomic E-state index is 0.200. The molecule has 2 atom stereocenters. The number of likely N-dealkylation sites (N-methyl/N-ethyl adjacent to an activating group) is 2. The van der Waals surface area contributed by atoms with Crippen molar-refractivity contribution < 1.29 is 0 Å². The fraction of sp³-hybridized carbons (Fsp3) is 0.692. The number of hydrogen-bond acceptors (Lipinski definition) is 4. The van der Waals surface area contributed by atoms with Gasteiger partial charge in [-0.3, -0.25) is 0 Å². The fourth-order valence-electron chi connectivity index (χ4n) is 2.59. The highest BCUT2D eigenvalue weighted by Crippen LogP contribution is 2.25. The lowest BCUT2D eigenvalue weighted by atomic mass is 10.0. The molecule has 2 rings (SSSR count). The summed E-state index contributed by atoms with van der Waals surface area (Å²) >= 11 is 5.38. The zero-order valence-electron chi connectivity index (χ0n) is 11.1. The number of nitrogens with two attached hydrogens (primary N) is 1. The highest BCUT2D eigenvalue weighted by atomic mass is 79.9. The highest BCUT2D eigenvalue weighted by Gasteiger charge is 2.26. The number of hydrogen-bond donors (Lipinski definition) is 1. The van der Waals surface area contributed by atoms with E-state index < -0.39 is 0 Å². The van der Waals surface area contributed by atoms with Crippen LogP contribution in [0.1, 0.15) is 11.3 Å². The van der Waals surface area contributed by atoms with Crippen LogP contribution in [0.3, 0.4) is 0 Å². The summed E-state index contributed by atoms with van der Waals surface area (Å²) in [6.07, 6.45) is 2.19. The van der Waals surface area contributed by atoms with Gasteiger partial charge in [0.15, 0.2) is 0 Å². The van der Waals surface area contributed by atoms with Gasteiger partial charge in [0.25, 0.3) is 0 Å². The van der Waals surface area contributed by atoms with E-state index in [-0.39, 0.29) is 6.04 Å². The van der Waals surface area contributed by atoms with Gasteiger partial charge in [-0.25, -0.2) is 0 Å². The molecular formula is C13H22BrN3S. The van der Waals surface area contributed by atoms with Gasteiger partial charge in [0.1, 0.15) is 0 Å². The molecular weight excluding hydrogens is 310 g/mol. The van der Waals surface area contributed by atoms with Crippen molar-refractivity contribution >= 4 is 27.3 Å². The first-order valence-electron chi connectivity index (χ1n) is 6.44. The van der Waals surface area contributed by atoms with Crippen LogP contribution < -0.4 is 5.73 Å². The van der Waals surface area contributed by atoms with Crippen molar-refractivity contribution in [3.8, 4) is 0 Å². The quantitative estimate of drug-likeness (QED) is 0.919. The van der Waals surface area contributed by atoms with E-state index in [1.54, 1.807) is 11.3 Å². The van der Waals surface area contributed by atoms with Crippen LogP contribution in [0.4, 0.5) is 0 Å². The summed E-state index contributed by atoms with van der Waals surface area (Å²) in [5.74, 6) is 0. The zero-order valence-corrected chi connectivity index (χ0v) is 13.5. The van der Waals surface area contributed by atoms with Crippen LogP contribution in [0.15, 0.2) is 15.9 Å². The van der Waals surface area contributed by atoms with Crippen LogP contribution >= 0.6 is 27.3 Å². The Bertz CT molecular complexity index is 382. The standard InChI is InChI=1S/C13H22BrN3S/c1-16-5-3-6-17(2)12(9-16)11(15)8-13-10(14)4-7-18-13/h4,7,11-12H,3,5-6,8-9,15H2,1-2H3. The molecule has 1 saturated heterocycles. The lowest BCUT2D eigenvalue weighted by molar-refractivity contribution is 0.195. The van der Waals surface area contributed by atoms with Gasteiger partial charge in [-0.15, -0.1) is 11.3 Å². The molecule has 1 aliphatic rings. The molecule has 18 heavy (non-hydrogen) atoms. The number of rotatable bonds is 3. The Labute approximate surface area is 122 Å². The van der Waals surface area contributed by atoms with Crippen molar-refractivity contribution in [2.24, 2.45) is 5.73 Å². The molecule has 2 unspecified atom stereocenters. The smallest absolute Gasteiger partial charge is 0.0374 e. The largest absolute Gasteiger partial charge is 0.326 e. The van der Waals surface area contributed by atoms with E-state index in [9.17, 15) is 0 Å². The number of thiophene rings is 1. The summed E-state index contributed by atoms with van der Waals surface area (Å²) in [5, 5.41) is 2.12. The van der Waals surface area contributed by atoms with Gasteiger partial charge in [0.05, 0.1) is 0 Å². The molecule has 1 aliphatic heterocycles. The van der Waals surface area contributed by atoms with Gasteiger partial charge in [-0.1, -0.05) is 0 Å². The molecule has 0 spiro atoms. The third-order valence-electron chi connectivity index (χ3n) is 3.72. The molecule has 102 valence electrons. The Kier molecular flexibility index (Phi) is 5.21. The molecule has 2 heterocycles. The Hall–Kier alpha value is 0.0600. The third kappa shape index (κ3) is 3.54. The second-order valence-corrected chi connectivity index (χ2v) is 7.08. The van der Waals surface area contributed by atoms with E-state index in [1.807, 2.05) is 0 Å². The second-order valence-electron chi connectivity index (χ2n) is 5.22. The summed E-state index contributed by atoms with van der Waals surface area (Å²) in [4.78, 5) is 6.19. The lowest BCUT2D eigenvalue weighted by Crippen LogP contribution is -2.51. The third-order valence-corrected chi connectivity index (χ3v) is 5.67. The highest BCUT2D eigenvalue weighted by molar-refractivity contribution is 9.10. The average Bonchev–Trinajstić information content (AvgIpc) is 2.62. The molecule has 0 aromatic carbocycles. The van der Waals surface area contributed by atoms with E-state index >= 15 is 0 Å². The summed E-state index contributed by atoms with van der Waals surface area (Å²) in [6.45, 7) is 3.39. The van der Waals surface area contributed by atoms with E-state index in [1.165, 1.54) is 22.3 Å². The van der Waals surface area contributed by atoms with Gasteiger partial charge in [0.2, 0.25) is 0 Å². The van der Waals surface area contributed by atoms with Crippen molar-refractivity contribution in [3.63, 3.8) is 0 Å². The molecule has 5 heteroatoms. The minimum Gasteiger partial charge on any atom is -0.326 e. The fourth-order valence-corrected chi connectivity index (χ4v) is 4.18. The van der Waals surface area contributed by atoms with Crippen molar-refractivity contribution in [3.05, 3.63) is 20.8 Å². The van der Waals surface area contributed by atoms with Crippen LogP contribution in [-0.2, 0) is 6.42 Å². The Morgan fingerprint density at radius 2 is 2.28 bits per heavy atom. The van der Waals surface area contributed by atoms with E-state index in [4.69, 9.17) is 5.73 Å². The summed E-state index contributed by atoms with van der Waals surface area (Å²) < 4.78 is 1.20. The van der Waals surface area contributed by atoms with Gasteiger partial charge < -0.3 is 15.5 Å². The summed E-state index contributed by atoms with van der Waals surface area (Å²) in [6, 6.07) is 2.76. The predicted molar refractivity (Wildman–Crippen MR) is 82.2 cm³/mol. The molecule has 0 saturated carbocycles. The first-order valence-corrected chi connectivity index (χ1v) is 8.11.